The number of benzene rings is 3. The van der Waals surface area contributed by atoms with Crippen LogP contribution in [0.3, 0.4) is 0 Å². The monoisotopic (exact) mass is 454 g/mol. The van der Waals surface area contributed by atoms with E-state index in [4.69, 9.17) is 0 Å². The Bertz CT molecular complexity index is 1280. The van der Waals surface area contributed by atoms with Crippen molar-refractivity contribution in [3.63, 3.8) is 0 Å². The maximum absolute atomic E-state index is 14.5. The smallest absolute Gasteiger partial charge is 0.272 e. The number of halogens is 1. The molecule has 0 N–H and O–H groups in total. The number of carbonyl (C=O) groups is 1. The molecule has 5 rings (SSSR count). The van der Waals surface area contributed by atoms with Gasteiger partial charge in [0, 0.05) is 38.3 Å². The van der Waals surface area contributed by atoms with Crippen molar-refractivity contribution < 1.29 is 9.18 Å². The van der Waals surface area contributed by atoms with E-state index in [1.165, 1.54) is 11.6 Å². The van der Waals surface area contributed by atoms with Gasteiger partial charge in [-0.15, -0.1) is 0 Å². The number of hydrogen-bond acceptors (Lipinski definition) is 3. The first kappa shape index (κ1) is 22.0. The second-order valence-electron chi connectivity index (χ2n) is 8.70. The van der Waals surface area contributed by atoms with Crippen LogP contribution in [0.15, 0.2) is 84.9 Å². The highest BCUT2D eigenvalue weighted by Crippen LogP contribution is 2.25. The van der Waals surface area contributed by atoms with Gasteiger partial charge < -0.3 is 4.90 Å². The van der Waals surface area contributed by atoms with E-state index in [1.54, 1.807) is 28.9 Å². The SMILES string of the molecule is Cc1ccc(-n2nc(-c3ccccc3F)cc2C(=O)N2CCN(Cc3ccccc3)CC2)cc1. The van der Waals surface area contributed by atoms with Crippen molar-refractivity contribution in [2.75, 3.05) is 26.2 Å². The second kappa shape index (κ2) is 9.61. The van der Waals surface area contributed by atoms with E-state index in [9.17, 15) is 9.18 Å². The lowest BCUT2D eigenvalue weighted by molar-refractivity contribution is 0.0619. The molecular formula is C28H27FN4O. The Morgan fingerprint density at radius 2 is 1.56 bits per heavy atom. The lowest BCUT2D eigenvalue weighted by atomic mass is 10.1. The van der Waals surface area contributed by atoms with Crippen molar-refractivity contribution in [2.45, 2.75) is 13.5 Å². The predicted octanol–water partition coefficient (Wildman–Crippen LogP) is 4.94. The third kappa shape index (κ3) is 4.63. The van der Waals surface area contributed by atoms with Crippen molar-refractivity contribution >= 4 is 5.91 Å². The van der Waals surface area contributed by atoms with Gasteiger partial charge >= 0.3 is 0 Å². The molecule has 1 aliphatic rings. The van der Waals surface area contributed by atoms with Crippen LogP contribution in [0.25, 0.3) is 16.9 Å². The van der Waals surface area contributed by atoms with Gasteiger partial charge in [0.25, 0.3) is 5.91 Å². The molecule has 1 aromatic heterocycles. The number of rotatable bonds is 5. The van der Waals surface area contributed by atoms with E-state index >= 15 is 0 Å². The Balaban J connectivity index is 1.40. The average Bonchev–Trinajstić information content (AvgIpc) is 3.31. The van der Waals surface area contributed by atoms with Crippen LogP contribution in [0.2, 0.25) is 0 Å². The molecule has 4 aromatic rings. The zero-order chi connectivity index (χ0) is 23.5. The highest BCUT2D eigenvalue weighted by atomic mass is 19.1. The highest BCUT2D eigenvalue weighted by Gasteiger charge is 2.26. The fourth-order valence-corrected chi connectivity index (χ4v) is 4.33. The van der Waals surface area contributed by atoms with Gasteiger partial charge in [-0.3, -0.25) is 9.69 Å². The third-order valence-electron chi connectivity index (χ3n) is 6.27. The number of hydrogen-bond donors (Lipinski definition) is 0. The van der Waals surface area contributed by atoms with Crippen LogP contribution in [-0.4, -0.2) is 51.7 Å². The van der Waals surface area contributed by atoms with Crippen LogP contribution in [0.1, 0.15) is 21.6 Å². The molecule has 1 fully saturated rings. The summed E-state index contributed by atoms with van der Waals surface area (Å²) in [6.07, 6.45) is 0. The first-order valence-electron chi connectivity index (χ1n) is 11.6. The van der Waals surface area contributed by atoms with Gasteiger partial charge in [0.15, 0.2) is 0 Å². The lowest BCUT2D eigenvalue weighted by Gasteiger charge is -2.34. The Hall–Kier alpha value is -3.77. The zero-order valence-electron chi connectivity index (χ0n) is 19.2. The van der Waals surface area contributed by atoms with E-state index in [0.717, 1.165) is 30.9 Å². The van der Waals surface area contributed by atoms with E-state index in [-0.39, 0.29) is 11.7 Å². The van der Waals surface area contributed by atoms with Crippen LogP contribution >= 0.6 is 0 Å². The molecule has 1 saturated heterocycles. The average molecular weight is 455 g/mol. The van der Waals surface area contributed by atoms with Gasteiger partial charge in [0.1, 0.15) is 11.5 Å². The molecule has 2 heterocycles. The topological polar surface area (TPSA) is 41.4 Å². The predicted molar refractivity (Wildman–Crippen MR) is 131 cm³/mol. The van der Waals surface area contributed by atoms with E-state index in [1.807, 2.05) is 42.2 Å². The van der Waals surface area contributed by atoms with E-state index < -0.39 is 0 Å². The van der Waals surface area contributed by atoms with Crippen molar-refractivity contribution in [3.8, 4) is 16.9 Å². The Labute approximate surface area is 199 Å². The molecule has 172 valence electrons. The molecule has 34 heavy (non-hydrogen) atoms. The summed E-state index contributed by atoms with van der Waals surface area (Å²) >= 11 is 0. The normalized spacial score (nSPS) is 14.4. The number of amides is 1. The molecule has 1 aliphatic heterocycles. The van der Waals surface area contributed by atoms with Gasteiger partial charge in [-0.1, -0.05) is 60.2 Å². The Morgan fingerprint density at radius 3 is 2.26 bits per heavy atom. The Morgan fingerprint density at radius 1 is 0.882 bits per heavy atom. The molecule has 0 spiro atoms. The molecular weight excluding hydrogens is 427 g/mol. The zero-order valence-corrected chi connectivity index (χ0v) is 19.2. The highest BCUT2D eigenvalue weighted by molar-refractivity contribution is 5.94. The van der Waals surface area contributed by atoms with Crippen LogP contribution in [0.4, 0.5) is 4.39 Å². The summed E-state index contributed by atoms with van der Waals surface area (Å²) in [4.78, 5) is 17.8. The van der Waals surface area contributed by atoms with Gasteiger partial charge in [-0.05, 0) is 42.8 Å². The number of carbonyl (C=O) groups excluding carboxylic acids is 1. The van der Waals surface area contributed by atoms with Gasteiger partial charge in [0.2, 0.25) is 0 Å². The van der Waals surface area contributed by atoms with Gasteiger partial charge in [-0.2, -0.15) is 5.10 Å². The van der Waals surface area contributed by atoms with Crippen molar-refractivity contribution in [2.24, 2.45) is 0 Å². The molecule has 0 atom stereocenters. The summed E-state index contributed by atoms with van der Waals surface area (Å²) in [7, 11) is 0. The number of aromatic nitrogens is 2. The molecule has 0 bridgehead atoms. The summed E-state index contributed by atoms with van der Waals surface area (Å²) in [6.45, 7) is 5.78. The van der Waals surface area contributed by atoms with Crippen molar-refractivity contribution in [1.29, 1.82) is 0 Å². The van der Waals surface area contributed by atoms with Crippen molar-refractivity contribution in [3.05, 3.63) is 108 Å². The molecule has 0 radical (unpaired) electrons. The van der Waals surface area contributed by atoms with Crippen molar-refractivity contribution in [1.82, 2.24) is 19.6 Å². The molecule has 6 heteroatoms. The minimum absolute atomic E-state index is 0.0879. The second-order valence-corrected chi connectivity index (χ2v) is 8.70. The molecule has 1 amide bonds. The summed E-state index contributed by atoms with van der Waals surface area (Å²) in [5.41, 5.74) is 4.44. The van der Waals surface area contributed by atoms with Crippen LogP contribution in [0.5, 0.6) is 0 Å². The lowest BCUT2D eigenvalue weighted by Crippen LogP contribution is -2.48. The molecule has 0 saturated carbocycles. The maximum Gasteiger partial charge on any atom is 0.272 e. The minimum Gasteiger partial charge on any atom is -0.335 e. The first-order chi connectivity index (χ1) is 16.6. The summed E-state index contributed by atoms with van der Waals surface area (Å²) in [6, 6.07) is 26.4. The van der Waals surface area contributed by atoms with Crippen LogP contribution in [0, 0.1) is 12.7 Å². The Kier molecular flexibility index (Phi) is 6.23. The number of aryl methyl sites for hydroxylation is 1. The van der Waals surface area contributed by atoms with E-state index in [0.29, 0.717) is 30.0 Å². The molecule has 0 unspecified atom stereocenters. The fourth-order valence-electron chi connectivity index (χ4n) is 4.33. The minimum atomic E-state index is -0.357. The molecule has 3 aromatic carbocycles. The molecule has 5 nitrogen and oxygen atoms in total. The quantitative estimate of drug-likeness (QED) is 0.429. The summed E-state index contributed by atoms with van der Waals surface area (Å²) < 4.78 is 16.1. The number of piperazine rings is 1. The van der Waals surface area contributed by atoms with E-state index in [2.05, 4.69) is 34.3 Å². The van der Waals surface area contributed by atoms with Crippen LogP contribution in [-0.2, 0) is 6.54 Å². The van der Waals surface area contributed by atoms with Crippen LogP contribution < -0.4 is 0 Å². The van der Waals surface area contributed by atoms with Gasteiger partial charge in [-0.25, -0.2) is 9.07 Å². The maximum atomic E-state index is 14.5. The standard InChI is InChI=1S/C28H27FN4O/c1-21-11-13-23(14-12-21)33-27(19-26(30-33)24-9-5-6-10-25(24)29)28(34)32-17-15-31(16-18-32)20-22-7-3-2-4-8-22/h2-14,19H,15-18,20H2,1H3. The largest absolute Gasteiger partial charge is 0.335 e. The fraction of sp³-hybridized carbons (Fsp3) is 0.214. The number of nitrogens with zero attached hydrogens (tertiary/aromatic N) is 4. The third-order valence-corrected chi connectivity index (χ3v) is 6.27. The summed E-state index contributed by atoms with van der Waals surface area (Å²) in [5, 5.41) is 4.65. The molecule has 0 aliphatic carbocycles. The first-order valence-corrected chi connectivity index (χ1v) is 11.6. The summed E-state index contributed by atoms with van der Waals surface area (Å²) in [5.74, 6) is -0.445. The van der Waals surface area contributed by atoms with Gasteiger partial charge in [0.05, 0.1) is 11.4 Å².